The molecular formula is C14H11F3O2S. The van der Waals surface area contributed by atoms with Crippen LogP contribution in [0.15, 0.2) is 41.8 Å². The van der Waals surface area contributed by atoms with Crippen molar-refractivity contribution in [3.63, 3.8) is 0 Å². The number of hydrogen-bond acceptors (Lipinski definition) is 3. The second-order valence-corrected chi connectivity index (χ2v) is 5.20. The highest BCUT2D eigenvalue weighted by atomic mass is 32.1. The highest BCUT2D eigenvalue weighted by molar-refractivity contribution is 7.10. The molecule has 0 saturated heterocycles. The van der Waals surface area contributed by atoms with Gasteiger partial charge in [-0.2, -0.15) is 0 Å². The molecule has 0 unspecified atom stereocenters. The van der Waals surface area contributed by atoms with Crippen LogP contribution in [0.3, 0.4) is 0 Å². The minimum absolute atomic E-state index is 0.0249. The van der Waals surface area contributed by atoms with Gasteiger partial charge in [-0.1, -0.05) is 18.2 Å². The van der Waals surface area contributed by atoms with Crippen molar-refractivity contribution in [2.75, 3.05) is 0 Å². The Morgan fingerprint density at radius 1 is 1.10 bits per heavy atom. The summed E-state index contributed by atoms with van der Waals surface area (Å²) in [6.07, 6.45) is -4.15. The fraction of sp³-hybridized carbons (Fsp3) is 0.214. The molecule has 0 bridgehead atoms. The van der Waals surface area contributed by atoms with Crippen LogP contribution < -0.4 is 4.74 Å². The largest absolute Gasteiger partial charge is 0.573 e. The summed E-state index contributed by atoms with van der Waals surface area (Å²) in [5, 5.41) is 1.89. The number of ether oxygens (including phenoxy) is 1. The normalized spacial score (nSPS) is 11.3. The average molecular weight is 300 g/mol. The third-order valence-corrected chi connectivity index (χ3v) is 3.39. The first-order valence-electron chi connectivity index (χ1n) is 5.81. The first kappa shape index (κ1) is 14.6. The average Bonchev–Trinajstić information content (AvgIpc) is 2.82. The van der Waals surface area contributed by atoms with Gasteiger partial charge in [-0.15, -0.1) is 24.5 Å². The molecule has 1 aromatic heterocycles. The number of alkyl halides is 3. The summed E-state index contributed by atoms with van der Waals surface area (Å²) in [5.74, 6) is -0.260. The van der Waals surface area contributed by atoms with Crippen molar-refractivity contribution in [2.24, 2.45) is 0 Å². The SMILES string of the molecule is O=C(Cc1ccc(OC(F)(F)F)cc1)Cc1cccs1. The maximum atomic E-state index is 12.0. The molecule has 0 aliphatic carbocycles. The molecule has 2 aromatic rings. The summed E-state index contributed by atoms with van der Waals surface area (Å²) >= 11 is 1.50. The summed E-state index contributed by atoms with van der Waals surface area (Å²) in [7, 11) is 0. The molecule has 1 heterocycles. The van der Waals surface area contributed by atoms with Gasteiger partial charge in [-0.25, -0.2) is 0 Å². The van der Waals surface area contributed by atoms with E-state index in [2.05, 4.69) is 4.74 Å². The van der Waals surface area contributed by atoms with E-state index >= 15 is 0 Å². The molecule has 0 radical (unpaired) electrons. The second kappa shape index (κ2) is 6.09. The zero-order valence-corrected chi connectivity index (χ0v) is 11.1. The number of carbonyl (C=O) groups is 1. The number of carbonyl (C=O) groups excluding carboxylic acids is 1. The number of Topliss-reactive ketones (excluding diaryl/α,β-unsaturated/α-hetero) is 1. The fourth-order valence-electron chi connectivity index (χ4n) is 1.71. The maximum Gasteiger partial charge on any atom is 0.573 e. The molecule has 0 N–H and O–H groups in total. The quantitative estimate of drug-likeness (QED) is 0.834. The van der Waals surface area contributed by atoms with Crippen LogP contribution in [-0.2, 0) is 17.6 Å². The van der Waals surface area contributed by atoms with Crippen molar-refractivity contribution in [1.29, 1.82) is 0 Å². The van der Waals surface area contributed by atoms with E-state index < -0.39 is 6.36 Å². The van der Waals surface area contributed by atoms with E-state index in [1.165, 1.54) is 35.6 Å². The molecule has 0 amide bonds. The van der Waals surface area contributed by atoms with Gasteiger partial charge in [0, 0.05) is 17.7 Å². The molecule has 106 valence electrons. The van der Waals surface area contributed by atoms with Crippen LogP contribution in [0, 0.1) is 0 Å². The van der Waals surface area contributed by atoms with Crippen molar-refractivity contribution in [2.45, 2.75) is 19.2 Å². The number of ketones is 1. The molecule has 20 heavy (non-hydrogen) atoms. The van der Waals surface area contributed by atoms with Crippen LogP contribution in [0.1, 0.15) is 10.4 Å². The highest BCUT2D eigenvalue weighted by Crippen LogP contribution is 2.23. The topological polar surface area (TPSA) is 26.3 Å². The van der Waals surface area contributed by atoms with E-state index in [0.29, 0.717) is 12.0 Å². The summed E-state index contributed by atoms with van der Waals surface area (Å²) in [6, 6.07) is 9.10. The van der Waals surface area contributed by atoms with Crippen LogP contribution in [0.25, 0.3) is 0 Å². The van der Waals surface area contributed by atoms with Crippen molar-refractivity contribution < 1.29 is 22.7 Å². The monoisotopic (exact) mass is 300 g/mol. The third kappa shape index (κ3) is 4.70. The van der Waals surface area contributed by atoms with E-state index in [1.807, 2.05) is 17.5 Å². The molecule has 1 aromatic carbocycles. The molecule has 6 heteroatoms. The fourth-order valence-corrected chi connectivity index (χ4v) is 2.44. The predicted octanol–water partition coefficient (Wildman–Crippen LogP) is 4.00. The van der Waals surface area contributed by atoms with Gasteiger partial charge in [0.2, 0.25) is 0 Å². The number of rotatable bonds is 5. The Morgan fingerprint density at radius 3 is 2.35 bits per heavy atom. The van der Waals surface area contributed by atoms with Gasteiger partial charge in [0.1, 0.15) is 11.5 Å². The number of halogens is 3. The Balaban J connectivity index is 1.92. The van der Waals surface area contributed by atoms with Crippen LogP contribution in [0.5, 0.6) is 5.75 Å². The van der Waals surface area contributed by atoms with E-state index in [0.717, 1.165) is 4.88 Å². The Morgan fingerprint density at radius 2 is 1.80 bits per heavy atom. The molecule has 0 aliphatic rings. The van der Waals surface area contributed by atoms with Gasteiger partial charge in [0.25, 0.3) is 0 Å². The Kier molecular flexibility index (Phi) is 4.44. The van der Waals surface area contributed by atoms with Gasteiger partial charge in [0.05, 0.1) is 0 Å². The van der Waals surface area contributed by atoms with Crippen LogP contribution in [-0.4, -0.2) is 12.1 Å². The summed E-state index contributed by atoms with van der Waals surface area (Å²) in [4.78, 5) is 12.8. The van der Waals surface area contributed by atoms with E-state index in [9.17, 15) is 18.0 Å². The molecule has 0 atom stereocenters. The molecule has 0 fully saturated rings. The second-order valence-electron chi connectivity index (χ2n) is 4.16. The lowest BCUT2D eigenvalue weighted by Crippen LogP contribution is -2.17. The van der Waals surface area contributed by atoms with Gasteiger partial charge in [-0.3, -0.25) is 4.79 Å². The molecule has 0 spiro atoms. The van der Waals surface area contributed by atoms with Crippen LogP contribution >= 0.6 is 11.3 Å². The molecule has 2 nitrogen and oxygen atoms in total. The van der Waals surface area contributed by atoms with Crippen LogP contribution in [0.2, 0.25) is 0 Å². The van der Waals surface area contributed by atoms with Gasteiger partial charge in [-0.05, 0) is 29.1 Å². The Hall–Kier alpha value is -1.82. The first-order chi connectivity index (χ1) is 9.42. The predicted molar refractivity (Wildman–Crippen MR) is 69.9 cm³/mol. The number of benzene rings is 1. The lowest BCUT2D eigenvalue weighted by molar-refractivity contribution is -0.274. The van der Waals surface area contributed by atoms with Crippen molar-refractivity contribution >= 4 is 17.1 Å². The number of hydrogen-bond donors (Lipinski definition) is 0. The lowest BCUT2D eigenvalue weighted by atomic mass is 10.1. The minimum Gasteiger partial charge on any atom is -0.406 e. The molecule has 0 aliphatic heterocycles. The minimum atomic E-state index is -4.70. The highest BCUT2D eigenvalue weighted by Gasteiger charge is 2.30. The van der Waals surface area contributed by atoms with E-state index in [4.69, 9.17) is 0 Å². The molecule has 2 rings (SSSR count). The summed E-state index contributed by atoms with van der Waals surface area (Å²) in [6.45, 7) is 0. The number of thiophene rings is 1. The van der Waals surface area contributed by atoms with Gasteiger partial charge >= 0.3 is 6.36 Å². The third-order valence-electron chi connectivity index (χ3n) is 2.51. The Bertz CT molecular complexity index is 559. The van der Waals surface area contributed by atoms with Gasteiger partial charge < -0.3 is 4.74 Å². The molecule has 0 saturated carbocycles. The first-order valence-corrected chi connectivity index (χ1v) is 6.69. The summed E-state index contributed by atoms with van der Waals surface area (Å²) < 4.78 is 39.7. The molecular weight excluding hydrogens is 289 g/mol. The Labute approximate surface area is 117 Å². The lowest BCUT2D eigenvalue weighted by Gasteiger charge is -2.09. The van der Waals surface area contributed by atoms with Crippen molar-refractivity contribution in [3.05, 3.63) is 52.2 Å². The zero-order valence-electron chi connectivity index (χ0n) is 10.3. The van der Waals surface area contributed by atoms with Crippen molar-refractivity contribution in [1.82, 2.24) is 0 Å². The van der Waals surface area contributed by atoms with Crippen molar-refractivity contribution in [3.8, 4) is 5.75 Å². The van der Waals surface area contributed by atoms with Gasteiger partial charge in [0.15, 0.2) is 0 Å². The maximum absolute atomic E-state index is 12.0. The smallest absolute Gasteiger partial charge is 0.406 e. The standard InChI is InChI=1S/C14H11F3O2S/c15-14(16,17)19-12-5-3-10(4-6-12)8-11(18)9-13-2-1-7-20-13/h1-7H,8-9H2. The van der Waals surface area contributed by atoms with E-state index in [1.54, 1.807) is 0 Å². The van der Waals surface area contributed by atoms with E-state index in [-0.39, 0.29) is 18.0 Å². The summed E-state index contributed by atoms with van der Waals surface area (Å²) in [5.41, 5.74) is 0.668. The zero-order chi connectivity index (χ0) is 14.6. The van der Waals surface area contributed by atoms with Crippen LogP contribution in [0.4, 0.5) is 13.2 Å².